The summed E-state index contributed by atoms with van der Waals surface area (Å²) in [6.07, 6.45) is 9.46. The van der Waals surface area contributed by atoms with Gasteiger partial charge in [-0.25, -0.2) is 8.78 Å². The van der Waals surface area contributed by atoms with E-state index in [4.69, 9.17) is 12.8 Å². The molecule has 0 saturated heterocycles. The molecule has 0 aliphatic heterocycles. The smallest absolute Gasteiger partial charge is 0.266 e. The van der Waals surface area contributed by atoms with E-state index in [0.29, 0.717) is 0 Å². The maximum Gasteiger partial charge on any atom is 0.325 e. The molecule has 0 heterocycles. The van der Waals surface area contributed by atoms with Crippen molar-refractivity contribution in [3.63, 3.8) is 0 Å². The van der Waals surface area contributed by atoms with Crippen molar-refractivity contribution in [2.45, 2.75) is 11.0 Å². The van der Waals surface area contributed by atoms with Gasteiger partial charge in [0.25, 0.3) is 0 Å². The van der Waals surface area contributed by atoms with Gasteiger partial charge in [-0.05, 0) is 11.8 Å². The monoisotopic (exact) mass is 254 g/mol. The number of halogens is 2. The van der Waals surface area contributed by atoms with E-state index in [9.17, 15) is 13.3 Å². The summed E-state index contributed by atoms with van der Waals surface area (Å²) in [5, 5.41) is 0. The van der Waals surface area contributed by atoms with Crippen LogP contribution in [0.4, 0.5) is 8.78 Å². The third kappa shape index (κ3) is 5.33. The summed E-state index contributed by atoms with van der Waals surface area (Å²) in [5.41, 5.74) is -4.83. The third-order valence-corrected chi connectivity index (χ3v) is 3.97. The Kier molecular flexibility index (Phi) is 4.72. The van der Waals surface area contributed by atoms with Crippen LogP contribution in [0.2, 0.25) is 0 Å². The van der Waals surface area contributed by atoms with Crippen molar-refractivity contribution in [1.82, 2.24) is 0 Å². The standard InChI is InChI=1S/C6H9F2O3PSi2/c1-3-5(7,13)10-12(9)11-6(8,14)4-2/h1-2,12H,13-14H3. The summed E-state index contributed by atoms with van der Waals surface area (Å²) >= 11 is 0. The van der Waals surface area contributed by atoms with Crippen LogP contribution >= 0.6 is 8.25 Å². The van der Waals surface area contributed by atoms with Crippen LogP contribution in [0.5, 0.6) is 0 Å². The SMILES string of the molecule is C#CC(F)([SiH3])O[PH](=O)OC(F)([SiH3])C#C. The van der Waals surface area contributed by atoms with Gasteiger partial charge in [-0.2, -0.15) is 0 Å². The molecule has 0 radical (unpaired) electrons. The molecule has 0 aromatic rings. The maximum atomic E-state index is 12.9. The van der Waals surface area contributed by atoms with Crippen molar-refractivity contribution in [2.75, 3.05) is 0 Å². The number of alkyl halides is 2. The van der Waals surface area contributed by atoms with Crippen molar-refractivity contribution < 1.29 is 22.4 Å². The van der Waals surface area contributed by atoms with Crippen LogP contribution in [0.15, 0.2) is 0 Å². The zero-order valence-electron chi connectivity index (χ0n) is 7.64. The Morgan fingerprint density at radius 1 is 1.14 bits per heavy atom. The van der Waals surface area contributed by atoms with E-state index < -0.39 is 19.2 Å². The van der Waals surface area contributed by atoms with Crippen molar-refractivity contribution in [1.29, 1.82) is 0 Å². The Labute approximate surface area is 87.3 Å². The first-order valence-corrected chi connectivity index (χ1v) is 6.70. The Morgan fingerprint density at radius 3 is 1.64 bits per heavy atom. The molecule has 0 N–H and O–H groups in total. The molecule has 0 bridgehead atoms. The van der Waals surface area contributed by atoms with Gasteiger partial charge in [-0.3, -0.25) is 13.6 Å². The highest BCUT2D eigenvalue weighted by molar-refractivity contribution is 7.33. The van der Waals surface area contributed by atoms with Crippen LogP contribution in [0.3, 0.4) is 0 Å². The van der Waals surface area contributed by atoms with Crippen LogP contribution in [-0.2, 0) is 13.6 Å². The molecule has 0 aromatic carbocycles. The lowest BCUT2D eigenvalue weighted by molar-refractivity contribution is 0.0225. The van der Waals surface area contributed by atoms with E-state index in [1.807, 2.05) is 0 Å². The molecule has 0 aliphatic carbocycles. The van der Waals surface area contributed by atoms with Crippen molar-refractivity contribution in [2.24, 2.45) is 0 Å². The Morgan fingerprint density at radius 2 is 1.43 bits per heavy atom. The zero-order valence-corrected chi connectivity index (χ0v) is 12.6. The average Bonchev–Trinajstić information content (AvgIpc) is 2.02. The second kappa shape index (κ2) is 4.88. The number of hydrogen-bond donors (Lipinski definition) is 0. The quantitative estimate of drug-likeness (QED) is 0.354. The van der Waals surface area contributed by atoms with E-state index >= 15 is 0 Å². The molecule has 0 amide bonds. The van der Waals surface area contributed by atoms with Crippen LogP contribution in [0, 0.1) is 24.7 Å². The van der Waals surface area contributed by atoms with Gasteiger partial charge in [-0.15, -0.1) is 12.8 Å². The summed E-state index contributed by atoms with van der Waals surface area (Å²) in [4.78, 5) is 0. The largest absolute Gasteiger partial charge is 0.325 e. The first-order chi connectivity index (χ1) is 6.22. The molecule has 0 saturated carbocycles. The van der Waals surface area contributed by atoms with Crippen LogP contribution < -0.4 is 0 Å². The van der Waals surface area contributed by atoms with Gasteiger partial charge >= 0.3 is 8.25 Å². The summed E-state index contributed by atoms with van der Waals surface area (Å²) < 4.78 is 45.2. The van der Waals surface area contributed by atoms with E-state index in [-0.39, 0.29) is 20.5 Å². The first kappa shape index (κ1) is 13.6. The summed E-state index contributed by atoms with van der Waals surface area (Å²) in [6.45, 7) is 0. The topological polar surface area (TPSA) is 35.5 Å². The van der Waals surface area contributed by atoms with Gasteiger partial charge in [0, 0.05) is 0 Å². The van der Waals surface area contributed by atoms with E-state index in [1.165, 1.54) is 0 Å². The first-order valence-electron chi connectivity index (χ1n) is 3.48. The van der Waals surface area contributed by atoms with Crippen molar-refractivity contribution in [3.05, 3.63) is 0 Å². The zero-order chi connectivity index (χ0) is 11.4. The summed E-state index contributed by atoms with van der Waals surface area (Å²) in [7, 11) is -3.75. The predicted molar refractivity (Wildman–Crippen MR) is 56.4 cm³/mol. The van der Waals surface area contributed by atoms with Gasteiger partial charge in [-0.1, -0.05) is 0 Å². The van der Waals surface area contributed by atoms with Crippen LogP contribution in [-0.4, -0.2) is 31.4 Å². The van der Waals surface area contributed by atoms with E-state index in [2.05, 4.69) is 9.05 Å². The Hall–Kier alpha value is -0.436. The van der Waals surface area contributed by atoms with Gasteiger partial charge in [0.1, 0.15) is 20.5 Å². The maximum absolute atomic E-state index is 12.9. The molecule has 2 atom stereocenters. The fourth-order valence-corrected chi connectivity index (χ4v) is 2.18. The minimum atomic E-state index is -3.34. The Bertz CT molecular complexity index is 288. The van der Waals surface area contributed by atoms with Gasteiger partial charge in [0.15, 0.2) is 0 Å². The molecule has 0 rings (SSSR count). The second-order valence-corrected chi connectivity index (χ2v) is 6.06. The second-order valence-electron chi connectivity index (χ2n) is 2.58. The summed E-state index contributed by atoms with van der Waals surface area (Å²) in [5.74, 6) is 3.26. The summed E-state index contributed by atoms with van der Waals surface area (Å²) in [6, 6.07) is 0. The minimum Gasteiger partial charge on any atom is -0.266 e. The van der Waals surface area contributed by atoms with Gasteiger partial charge in [0.05, 0.1) is 0 Å². The molecule has 0 spiro atoms. The van der Waals surface area contributed by atoms with Gasteiger partial charge in [0.2, 0.25) is 11.0 Å². The molecular formula is C6H9F2O3PSi2. The molecule has 0 aromatic heterocycles. The fraction of sp³-hybridized carbons (Fsp3) is 0.333. The molecule has 3 nitrogen and oxygen atoms in total. The molecule has 0 aliphatic rings. The molecule has 2 unspecified atom stereocenters. The predicted octanol–water partition coefficient (Wildman–Crippen LogP) is -1.35. The normalized spacial score (nSPS) is 21.4. The lowest BCUT2D eigenvalue weighted by atomic mass is 10.7. The lowest BCUT2D eigenvalue weighted by Crippen LogP contribution is -2.25. The van der Waals surface area contributed by atoms with E-state index in [1.54, 1.807) is 11.8 Å². The fourth-order valence-electron chi connectivity index (χ4n) is 0.393. The molecule has 78 valence electrons. The number of rotatable bonds is 4. The highest BCUT2D eigenvalue weighted by Gasteiger charge is 2.29. The number of hydrogen-bond acceptors (Lipinski definition) is 3. The minimum absolute atomic E-state index is 0.203. The molecule has 14 heavy (non-hydrogen) atoms. The molecular weight excluding hydrogens is 245 g/mol. The number of terminal acetylenes is 2. The average molecular weight is 254 g/mol. The highest BCUT2D eigenvalue weighted by atomic mass is 31.1. The van der Waals surface area contributed by atoms with Crippen molar-refractivity contribution in [3.8, 4) is 24.7 Å². The van der Waals surface area contributed by atoms with Gasteiger partial charge < -0.3 is 0 Å². The van der Waals surface area contributed by atoms with Crippen molar-refractivity contribution >= 4 is 28.7 Å². The molecule has 0 fully saturated rings. The third-order valence-electron chi connectivity index (χ3n) is 1.07. The van der Waals surface area contributed by atoms with Crippen LogP contribution in [0.25, 0.3) is 0 Å². The Balaban J connectivity index is 4.30. The highest BCUT2D eigenvalue weighted by Crippen LogP contribution is 2.34. The molecule has 8 heteroatoms. The lowest BCUT2D eigenvalue weighted by Gasteiger charge is -2.18. The van der Waals surface area contributed by atoms with E-state index in [0.717, 1.165) is 0 Å². The van der Waals surface area contributed by atoms with Crippen LogP contribution in [0.1, 0.15) is 0 Å².